The number of nitrogens with one attached hydrogen (secondary N) is 1. The van der Waals surface area contributed by atoms with Crippen molar-refractivity contribution in [2.75, 3.05) is 20.2 Å². The maximum atomic E-state index is 11.8. The fourth-order valence-electron chi connectivity index (χ4n) is 1.81. The van der Waals surface area contributed by atoms with Crippen LogP contribution in [0.4, 0.5) is 0 Å². The third-order valence-corrected chi connectivity index (χ3v) is 3.33. The van der Waals surface area contributed by atoms with E-state index in [0.717, 1.165) is 12.8 Å². The van der Waals surface area contributed by atoms with E-state index in [0.29, 0.717) is 5.56 Å². The van der Waals surface area contributed by atoms with Crippen molar-refractivity contribution < 1.29 is 19.1 Å². The first-order valence-electron chi connectivity index (χ1n) is 7.20. The molecular formula is C16H17N3O4. The Morgan fingerprint density at radius 2 is 1.96 bits per heavy atom. The Labute approximate surface area is 133 Å². The van der Waals surface area contributed by atoms with Gasteiger partial charge in [0.15, 0.2) is 6.61 Å². The number of amides is 2. The molecule has 1 N–H and O–H groups in total. The highest BCUT2D eigenvalue weighted by molar-refractivity contribution is 5.92. The van der Waals surface area contributed by atoms with Crippen molar-refractivity contribution in [2.24, 2.45) is 0 Å². The highest BCUT2D eigenvalue weighted by Crippen LogP contribution is 2.18. The van der Waals surface area contributed by atoms with Gasteiger partial charge in [0.2, 0.25) is 5.91 Å². The predicted octanol–water partition coefficient (Wildman–Crippen LogP) is 0.452. The Kier molecular flexibility index (Phi) is 5.31. The zero-order valence-electron chi connectivity index (χ0n) is 12.7. The van der Waals surface area contributed by atoms with E-state index in [2.05, 4.69) is 5.32 Å². The highest BCUT2D eigenvalue weighted by Gasteiger charge is 2.24. The average Bonchev–Trinajstić information content (AvgIpc) is 3.35. The topological polar surface area (TPSA) is 99.5 Å². The van der Waals surface area contributed by atoms with Gasteiger partial charge in [-0.25, -0.2) is 4.79 Å². The molecule has 1 saturated carbocycles. The monoisotopic (exact) mass is 315 g/mol. The molecule has 0 bridgehead atoms. The number of hydrogen-bond donors (Lipinski definition) is 1. The van der Waals surface area contributed by atoms with Gasteiger partial charge in [-0.2, -0.15) is 5.26 Å². The third-order valence-electron chi connectivity index (χ3n) is 3.33. The van der Waals surface area contributed by atoms with Gasteiger partial charge in [-0.05, 0) is 37.1 Å². The number of esters is 1. The smallest absolute Gasteiger partial charge is 0.338 e. The predicted molar refractivity (Wildman–Crippen MR) is 80.2 cm³/mol. The fraction of sp³-hybridized carbons (Fsp3) is 0.375. The van der Waals surface area contributed by atoms with Crippen LogP contribution < -0.4 is 5.32 Å². The minimum Gasteiger partial charge on any atom is -0.452 e. The average molecular weight is 315 g/mol. The second kappa shape index (κ2) is 7.40. The summed E-state index contributed by atoms with van der Waals surface area (Å²) in [6.45, 7) is -0.504. The van der Waals surface area contributed by atoms with E-state index in [1.54, 1.807) is 0 Å². The summed E-state index contributed by atoms with van der Waals surface area (Å²) in [5, 5.41) is 11.5. The Balaban J connectivity index is 1.76. The Morgan fingerprint density at radius 1 is 1.30 bits per heavy atom. The van der Waals surface area contributed by atoms with Gasteiger partial charge in [-0.15, -0.1) is 0 Å². The van der Waals surface area contributed by atoms with Gasteiger partial charge < -0.3 is 15.0 Å². The molecule has 0 atom stereocenters. The van der Waals surface area contributed by atoms with E-state index < -0.39 is 18.5 Å². The molecule has 0 radical (unpaired) electrons. The molecule has 0 aromatic heterocycles. The van der Waals surface area contributed by atoms with Crippen LogP contribution in [0.25, 0.3) is 0 Å². The van der Waals surface area contributed by atoms with Gasteiger partial charge in [0.25, 0.3) is 5.91 Å². The maximum Gasteiger partial charge on any atom is 0.338 e. The minimum absolute atomic E-state index is 0.0657. The second-order valence-electron chi connectivity index (χ2n) is 5.36. The van der Waals surface area contributed by atoms with E-state index >= 15 is 0 Å². The van der Waals surface area contributed by atoms with Crippen molar-refractivity contribution in [3.8, 4) is 6.07 Å². The van der Waals surface area contributed by atoms with Crippen LogP contribution in [0.5, 0.6) is 0 Å². The van der Waals surface area contributed by atoms with Crippen LogP contribution in [0.15, 0.2) is 24.3 Å². The van der Waals surface area contributed by atoms with Crippen molar-refractivity contribution in [3.63, 3.8) is 0 Å². The number of carbonyl (C=O) groups is 3. The lowest BCUT2D eigenvalue weighted by molar-refractivity contribution is -0.137. The first-order valence-corrected chi connectivity index (χ1v) is 7.20. The van der Waals surface area contributed by atoms with Crippen LogP contribution >= 0.6 is 0 Å². The number of carbonyl (C=O) groups excluding carboxylic acids is 3. The zero-order valence-corrected chi connectivity index (χ0v) is 12.7. The van der Waals surface area contributed by atoms with Crippen molar-refractivity contribution >= 4 is 17.8 Å². The summed E-state index contributed by atoms with van der Waals surface area (Å²) in [6, 6.07) is 8.08. The van der Waals surface area contributed by atoms with Gasteiger partial charge in [0, 0.05) is 13.1 Å². The molecule has 0 spiro atoms. The third kappa shape index (κ3) is 5.11. The molecule has 2 rings (SSSR count). The number of rotatable bonds is 6. The van der Waals surface area contributed by atoms with Crippen molar-refractivity contribution in [3.05, 3.63) is 35.4 Å². The van der Waals surface area contributed by atoms with E-state index in [1.165, 1.54) is 36.2 Å². The molecular weight excluding hydrogens is 298 g/mol. The van der Waals surface area contributed by atoms with Crippen molar-refractivity contribution in [2.45, 2.75) is 18.9 Å². The summed E-state index contributed by atoms with van der Waals surface area (Å²) in [4.78, 5) is 36.4. The Hall–Kier alpha value is -2.88. The molecule has 0 unspecified atom stereocenters. The van der Waals surface area contributed by atoms with Gasteiger partial charge in [0.1, 0.15) is 0 Å². The first kappa shape index (κ1) is 16.5. The summed E-state index contributed by atoms with van der Waals surface area (Å²) in [5.74, 6) is -1.33. The molecule has 120 valence electrons. The fourth-order valence-corrected chi connectivity index (χ4v) is 1.81. The van der Waals surface area contributed by atoms with E-state index in [4.69, 9.17) is 10.00 Å². The largest absolute Gasteiger partial charge is 0.452 e. The lowest BCUT2D eigenvalue weighted by Crippen LogP contribution is -2.40. The van der Waals surface area contributed by atoms with Crippen LogP contribution in [0, 0.1) is 11.3 Å². The normalized spacial score (nSPS) is 12.9. The number of nitriles is 1. The lowest BCUT2D eigenvalue weighted by Gasteiger charge is -2.16. The SMILES string of the molecule is CN(CC(=O)NC1CC1)C(=O)COC(=O)c1ccc(C#N)cc1. The quantitative estimate of drug-likeness (QED) is 0.768. The molecule has 7 nitrogen and oxygen atoms in total. The molecule has 0 aliphatic heterocycles. The molecule has 2 amide bonds. The van der Waals surface area contributed by atoms with E-state index in [9.17, 15) is 14.4 Å². The summed E-state index contributed by atoms with van der Waals surface area (Å²) in [5.41, 5.74) is 0.685. The lowest BCUT2D eigenvalue weighted by atomic mass is 10.1. The van der Waals surface area contributed by atoms with Crippen LogP contribution in [0.1, 0.15) is 28.8 Å². The van der Waals surface area contributed by atoms with Crippen LogP contribution in [0.3, 0.4) is 0 Å². The number of likely N-dealkylation sites (N-methyl/N-ethyl adjacent to an activating group) is 1. The minimum atomic E-state index is -0.654. The Bertz CT molecular complexity index is 644. The van der Waals surface area contributed by atoms with Gasteiger partial charge in [-0.1, -0.05) is 0 Å². The number of hydrogen-bond acceptors (Lipinski definition) is 5. The van der Waals surface area contributed by atoms with Crippen LogP contribution in [0.2, 0.25) is 0 Å². The number of benzene rings is 1. The molecule has 7 heteroatoms. The molecule has 1 aromatic rings. The van der Waals surface area contributed by atoms with Gasteiger partial charge in [0.05, 0.1) is 23.7 Å². The molecule has 1 aromatic carbocycles. The summed E-state index contributed by atoms with van der Waals surface area (Å²) >= 11 is 0. The van der Waals surface area contributed by atoms with E-state index in [1.807, 2.05) is 6.07 Å². The summed E-state index contributed by atoms with van der Waals surface area (Å²) in [6.07, 6.45) is 1.96. The van der Waals surface area contributed by atoms with E-state index in [-0.39, 0.29) is 24.1 Å². The molecule has 0 heterocycles. The van der Waals surface area contributed by atoms with Crippen LogP contribution in [-0.4, -0.2) is 48.9 Å². The van der Waals surface area contributed by atoms with Crippen LogP contribution in [-0.2, 0) is 14.3 Å². The highest BCUT2D eigenvalue weighted by atomic mass is 16.5. The molecule has 1 fully saturated rings. The summed E-state index contributed by atoms with van der Waals surface area (Å²) < 4.78 is 4.91. The summed E-state index contributed by atoms with van der Waals surface area (Å²) in [7, 11) is 1.48. The van der Waals surface area contributed by atoms with Crippen molar-refractivity contribution in [1.29, 1.82) is 5.26 Å². The standard InChI is InChI=1S/C16H17N3O4/c1-19(9-14(20)18-13-6-7-13)15(21)10-23-16(22)12-4-2-11(8-17)3-5-12/h2-5,13H,6-7,9-10H2,1H3,(H,18,20). The maximum absolute atomic E-state index is 11.8. The number of nitrogens with zero attached hydrogens (tertiary/aromatic N) is 2. The molecule has 1 aliphatic carbocycles. The molecule has 0 saturated heterocycles. The molecule has 23 heavy (non-hydrogen) atoms. The molecule has 1 aliphatic rings. The van der Waals surface area contributed by atoms with Crippen molar-refractivity contribution in [1.82, 2.24) is 10.2 Å². The first-order chi connectivity index (χ1) is 11.0. The van der Waals surface area contributed by atoms with Gasteiger partial charge >= 0.3 is 5.97 Å². The second-order valence-corrected chi connectivity index (χ2v) is 5.36. The Morgan fingerprint density at radius 3 is 2.52 bits per heavy atom. The zero-order chi connectivity index (χ0) is 16.8. The number of ether oxygens (including phenoxy) is 1. The van der Waals surface area contributed by atoms with Gasteiger partial charge in [-0.3, -0.25) is 9.59 Å².